The maximum absolute atomic E-state index is 12.5. The first-order chi connectivity index (χ1) is 13.2. The molecule has 0 bridgehead atoms. The van der Waals surface area contributed by atoms with Gasteiger partial charge in [0.05, 0.1) is 6.10 Å². The van der Waals surface area contributed by atoms with E-state index in [1.54, 1.807) is 4.90 Å². The Morgan fingerprint density at radius 3 is 2.14 bits per heavy atom. The van der Waals surface area contributed by atoms with E-state index in [1.807, 2.05) is 30.3 Å². The molecule has 0 spiro atoms. The predicted molar refractivity (Wildman–Crippen MR) is 119 cm³/mol. The standard InChI is InChI=1S/C23H34N2O3Si/c1-22(2,3)20(28-29(7,8)23(4,5)6)16-9-11-17(12-10-16)25-14-13-19(26)18(15-24)21(25)27/h9-12,20,26H,13-14H2,1-8H3. The van der Waals surface area contributed by atoms with E-state index in [2.05, 4.69) is 54.6 Å². The Balaban J connectivity index is 2.34. The summed E-state index contributed by atoms with van der Waals surface area (Å²) in [5.41, 5.74) is 1.54. The van der Waals surface area contributed by atoms with Crippen LogP contribution in [0.4, 0.5) is 5.69 Å². The molecule has 5 nitrogen and oxygen atoms in total. The van der Waals surface area contributed by atoms with Crippen LogP contribution < -0.4 is 4.90 Å². The second kappa shape index (κ2) is 7.96. The van der Waals surface area contributed by atoms with Crippen molar-refractivity contribution in [2.24, 2.45) is 5.41 Å². The van der Waals surface area contributed by atoms with Gasteiger partial charge in [-0.2, -0.15) is 5.26 Å². The van der Waals surface area contributed by atoms with Gasteiger partial charge in [-0.1, -0.05) is 53.7 Å². The number of carbonyl (C=O) groups is 1. The van der Waals surface area contributed by atoms with Crippen LogP contribution in [0.25, 0.3) is 0 Å². The van der Waals surface area contributed by atoms with Gasteiger partial charge in [0.1, 0.15) is 11.8 Å². The van der Waals surface area contributed by atoms with Crippen molar-refractivity contribution < 1.29 is 14.3 Å². The quantitative estimate of drug-likeness (QED) is 0.625. The maximum Gasteiger partial charge on any atom is 0.272 e. The zero-order valence-corrected chi connectivity index (χ0v) is 20.0. The Kier molecular flexibility index (Phi) is 6.36. The molecule has 1 aliphatic rings. The van der Waals surface area contributed by atoms with Crippen molar-refractivity contribution in [3.05, 3.63) is 41.2 Å². The van der Waals surface area contributed by atoms with Gasteiger partial charge in [0.2, 0.25) is 0 Å². The topological polar surface area (TPSA) is 73.6 Å². The monoisotopic (exact) mass is 414 g/mol. The number of aliphatic hydroxyl groups excluding tert-OH is 1. The van der Waals surface area contributed by atoms with E-state index in [-0.39, 0.29) is 34.3 Å². The lowest BCUT2D eigenvalue weighted by molar-refractivity contribution is -0.115. The van der Waals surface area contributed by atoms with Gasteiger partial charge >= 0.3 is 0 Å². The minimum Gasteiger partial charge on any atom is -0.511 e. The number of anilines is 1. The number of rotatable bonds is 4. The molecule has 1 amide bonds. The Labute approximate surface area is 176 Å². The molecular formula is C23H34N2O3Si. The average molecular weight is 415 g/mol. The molecule has 1 unspecified atom stereocenters. The second-order valence-electron chi connectivity index (χ2n) is 10.4. The molecule has 2 rings (SSSR count). The smallest absolute Gasteiger partial charge is 0.272 e. The number of benzene rings is 1. The molecular weight excluding hydrogens is 380 g/mol. The molecule has 1 atom stereocenters. The summed E-state index contributed by atoms with van der Waals surface area (Å²) in [6, 6.07) is 9.64. The van der Waals surface area contributed by atoms with E-state index in [9.17, 15) is 9.90 Å². The molecule has 1 N–H and O–H groups in total. The normalized spacial score (nSPS) is 17.3. The van der Waals surface area contributed by atoms with Crippen LogP contribution in [0, 0.1) is 16.7 Å². The molecule has 1 heterocycles. The summed E-state index contributed by atoms with van der Waals surface area (Å²) >= 11 is 0. The highest BCUT2D eigenvalue weighted by molar-refractivity contribution is 6.74. The van der Waals surface area contributed by atoms with Crippen LogP contribution in [-0.2, 0) is 9.22 Å². The zero-order chi connectivity index (χ0) is 22.2. The minimum absolute atomic E-state index is 0.0619. The number of amides is 1. The largest absolute Gasteiger partial charge is 0.511 e. The molecule has 0 fully saturated rings. The summed E-state index contributed by atoms with van der Waals surface area (Å²) in [6.07, 6.45) is 0.225. The SMILES string of the molecule is CC(C)(C)C(O[Si](C)(C)C(C)(C)C)c1ccc(N2CCC(O)=C(C#N)C2=O)cc1. The molecule has 1 aromatic rings. The lowest BCUT2D eigenvalue weighted by Gasteiger charge is -2.43. The summed E-state index contributed by atoms with van der Waals surface area (Å²) in [5, 5.41) is 19.0. The first-order valence-electron chi connectivity index (χ1n) is 10.1. The Morgan fingerprint density at radius 2 is 1.69 bits per heavy atom. The number of hydrogen-bond acceptors (Lipinski definition) is 4. The van der Waals surface area contributed by atoms with E-state index in [0.29, 0.717) is 6.54 Å². The molecule has 1 aliphatic heterocycles. The van der Waals surface area contributed by atoms with Gasteiger partial charge in [-0.05, 0) is 41.2 Å². The van der Waals surface area contributed by atoms with E-state index < -0.39 is 14.2 Å². The Hall–Kier alpha value is -2.10. The van der Waals surface area contributed by atoms with E-state index in [0.717, 1.165) is 11.3 Å². The summed E-state index contributed by atoms with van der Waals surface area (Å²) < 4.78 is 6.78. The summed E-state index contributed by atoms with van der Waals surface area (Å²) in [4.78, 5) is 14.1. The van der Waals surface area contributed by atoms with Gasteiger partial charge in [0, 0.05) is 18.7 Å². The first-order valence-corrected chi connectivity index (χ1v) is 13.0. The van der Waals surface area contributed by atoms with Crippen molar-refractivity contribution in [2.75, 3.05) is 11.4 Å². The average Bonchev–Trinajstić information content (AvgIpc) is 2.59. The van der Waals surface area contributed by atoms with E-state index in [4.69, 9.17) is 9.69 Å². The number of carbonyl (C=O) groups excluding carboxylic acids is 1. The predicted octanol–water partition coefficient (Wildman–Crippen LogP) is 5.87. The molecule has 1 aromatic carbocycles. The van der Waals surface area contributed by atoms with Crippen LogP contribution in [0.2, 0.25) is 18.1 Å². The van der Waals surface area contributed by atoms with Crippen molar-refractivity contribution in [2.45, 2.75) is 72.2 Å². The molecule has 0 radical (unpaired) electrons. The number of nitriles is 1. The fraction of sp³-hybridized carbons (Fsp3) is 0.565. The molecule has 0 saturated heterocycles. The van der Waals surface area contributed by atoms with Gasteiger partial charge < -0.3 is 14.4 Å². The Morgan fingerprint density at radius 1 is 1.14 bits per heavy atom. The van der Waals surface area contributed by atoms with Crippen molar-refractivity contribution in [3.63, 3.8) is 0 Å². The lowest BCUT2D eigenvalue weighted by Crippen LogP contribution is -2.44. The zero-order valence-electron chi connectivity index (χ0n) is 19.0. The first kappa shape index (κ1) is 23.2. The van der Waals surface area contributed by atoms with Crippen molar-refractivity contribution in [1.29, 1.82) is 5.26 Å². The van der Waals surface area contributed by atoms with Crippen molar-refractivity contribution in [1.82, 2.24) is 0 Å². The lowest BCUT2D eigenvalue weighted by atomic mass is 9.85. The van der Waals surface area contributed by atoms with Crippen LogP contribution in [-0.4, -0.2) is 25.9 Å². The van der Waals surface area contributed by atoms with Crippen LogP contribution in [0.15, 0.2) is 35.6 Å². The highest BCUT2D eigenvalue weighted by atomic mass is 28.4. The van der Waals surface area contributed by atoms with Gasteiger partial charge in [0.15, 0.2) is 13.9 Å². The molecule has 0 aliphatic carbocycles. The van der Waals surface area contributed by atoms with Gasteiger partial charge in [-0.25, -0.2) is 0 Å². The third-order valence-electron chi connectivity index (χ3n) is 5.94. The number of nitrogens with zero attached hydrogens (tertiary/aromatic N) is 2. The van der Waals surface area contributed by atoms with Crippen LogP contribution in [0.3, 0.4) is 0 Å². The fourth-order valence-electron chi connectivity index (χ4n) is 3.11. The molecule has 0 aromatic heterocycles. The summed E-state index contributed by atoms with van der Waals surface area (Å²) in [7, 11) is -1.97. The summed E-state index contributed by atoms with van der Waals surface area (Å²) in [5.74, 6) is -0.574. The summed E-state index contributed by atoms with van der Waals surface area (Å²) in [6.45, 7) is 18.1. The van der Waals surface area contributed by atoms with Crippen LogP contribution in [0.1, 0.15) is 59.6 Å². The maximum atomic E-state index is 12.5. The van der Waals surface area contributed by atoms with Gasteiger partial charge in [-0.3, -0.25) is 4.79 Å². The second-order valence-corrected chi connectivity index (χ2v) is 15.1. The third-order valence-corrected chi connectivity index (χ3v) is 10.4. The van der Waals surface area contributed by atoms with E-state index >= 15 is 0 Å². The number of hydrogen-bond donors (Lipinski definition) is 1. The number of aliphatic hydroxyl groups is 1. The van der Waals surface area contributed by atoms with Gasteiger partial charge in [0.25, 0.3) is 5.91 Å². The van der Waals surface area contributed by atoms with Crippen molar-refractivity contribution >= 4 is 19.9 Å². The molecule has 6 heteroatoms. The Bertz CT molecular complexity index is 837. The minimum atomic E-state index is -1.97. The van der Waals surface area contributed by atoms with Gasteiger partial charge in [-0.15, -0.1) is 0 Å². The molecule has 29 heavy (non-hydrogen) atoms. The third kappa shape index (κ3) is 4.91. The molecule has 158 valence electrons. The van der Waals surface area contributed by atoms with Crippen LogP contribution in [0.5, 0.6) is 0 Å². The highest BCUT2D eigenvalue weighted by Crippen LogP contribution is 2.45. The van der Waals surface area contributed by atoms with Crippen LogP contribution >= 0.6 is 0 Å². The highest BCUT2D eigenvalue weighted by Gasteiger charge is 2.42. The fourth-order valence-corrected chi connectivity index (χ4v) is 4.54. The van der Waals surface area contributed by atoms with Crippen molar-refractivity contribution in [3.8, 4) is 6.07 Å². The molecule has 0 saturated carbocycles. The van der Waals surface area contributed by atoms with E-state index in [1.165, 1.54) is 0 Å².